The fraction of sp³-hybridized carbons (Fsp3) is 0.263. The van der Waals surface area contributed by atoms with Crippen LogP contribution in [0.15, 0.2) is 57.0 Å². The Kier molecular flexibility index (Phi) is 6.99. The normalized spacial score (nSPS) is 11.7. The van der Waals surface area contributed by atoms with Gasteiger partial charge in [-0.25, -0.2) is 18.5 Å². The molecule has 0 fully saturated rings. The molecule has 2 aromatic carbocycles. The van der Waals surface area contributed by atoms with Gasteiger partial charge >= 0.3 is 0 Å². The fourth-order valence-electron chi connectivity index (χ4n) is 2.77. The Hall–Kier alpha value is -1.88. The number of hydrogen-bond acceptors (Lipinski definition) is 5. The third kappa shape index (κ3) is 5.59. The van der Waals surface area contributed by atoms with Crippen LogP contribution in [0.1, 0.15) is 19.8 Å². The van der Waals surface area contributed by atoms with Crippen LogP contribution in [0, 0.1) is 0 Å². The molecule has 154 valence electrons. The van der Waals surface area contributed by atoms with E-state index in [1.807, 2.05) is 28.8 Å². The number of rotatable bonds is 8. The molecule has 0 aliphatic heterocycles. The van der Waals surface area contributed by atoms with Crippen LogP contribution in [-0.4, -0.2) is 29.6 Å². The lowest BCUT2D eigenvalue weighted by atomic mass is 10.3. The highest BCUT2D eigenvalue weighted by Gasteiger charge is 2.16. The monoisotopic (exact) mass is 496 g/mol. The first-order chi connectivity index (χ1) is 13.8. The minimum atomic E-state index is -3.80. The number of anilines is 1. The number of aromatic nitrogens is 2. The van der Waals surface area contributed by atoms with Crippen molar-refractivity contribution >= 4 is 60.3 Å². The van der Waals surface area contributed by atoms with E-state index in [0.717, 1.165) is 35.1 Å². The summed E-state index contributed by atoms with van der Waals surface area (Å²) in [5.41, 5.74) is 2.08. The number of nitrogens with two attached hydrogens (primary N) is 1. The molecule has 0 aliphatic carbocycles. The standard InChI is InChI=1S/C19H21BrN4O3S2/c1-2-3-10-24-17-9-8-15(29(21,26)27)11-16(17)23-19(24)28-12-18(25)22-14-6-4-13(20)5-7-14/h4-9,11H,2-3,10,12H2,1H3,(H,22,25)(H2,21,26,27). The summed E-state index contributed by atoms with van der Waals surface area (Å²) in [6, 6.07) is 12.0. The van der Waals surface area contributed by atoms with Gasteiger partial charge in [-0.2, -0.15) is 0 Å². The van der Waals surface area contributed by atoms with Crippen molar-refractivity contribution in [3.8, 4) is 0 Å². The number of halogens is 1. The number of aryl methyl sites for hydroxylation is 1. The Bertz CT molecular complexity index is 1130. The molecule has 7 nitrogen and oxygen atoms in total. The molecule has 0 saturated heterocycles. The zero-order valence-corrected chi connectivity index (χ0v) is 19.0. The smallest absolute Gasteiger partial charge is 0.238 e. The number of thioether (sulfide) groups is 1. The average molecular weight is 497 g/mol. The number of carbonyl (C=O) groups is 1. The first-order valence-corrected chi connectivity index (χ1v) is 12.3. The largest absolute Gasteiger partial charge is 0.325 e. The third-order valence-corrected chi connectivity index (χ3v) is 6.62. The van der Waals surface area contributed by atoms with Gasteiger partial charge in [0, 0.05) is 16.7 Å². The molecular formula is C19H21BrN4O3S2. The number of nitrogens with zero attached hydrogens (tertiary/aromatic N) is 2. The van der Waals surface area contributed by atoms with Gasteiger partial charge in [0.1, 0.15) is 0 Å². The van der Waals surface area contributed by atoms with Crippen LogP contribution in [0.5, 0.6) is 0 Å². The lowest BCUT2D eigenvalue weighted by Crippen LogP contribution is -2.14. The second-order valence-corrected chi connectivity index (χ2v) is 9.86. The number of unbranched alkanes of at least 4 members (excludes halogenated alkanes) is 1. The predicted octanol–water partition coefficient (Wildman–Crippen LogP) is 3.98. The number of amides is 1. The molecule has 1 heterocycles. The second kappa shape index (κ2) is 9.29. The number of primary sulfonamides is 1. The summed E-state index contributed by atoms with van der Waals surface area (Å²) < 4.78 is 26.2. The van der Waals surface area contributed by atoms with E-state index in [0.29, 0.717) is 10.7 Å². The van der Waals surface area contributed by atoms with Gasteiger partial charge in [0.15, 0.2) is 5.16 Å². The molecule has 0 atom stereocenters. The van der Waals surface area contributed by atoms with E-state index in [2.05, 4.69) is 33.2 Å². The minimum absolute atomic E-state index is 0.0228. The van der Waals surface area contributed by atoms with Crippen molar-refractivity contribution < 1.29 is 13.2 Å². The van der Waals surface area contributed by atoms with Gasteiger partial charge in [-0.05, 0) is 48.9 Å². The van der Waals surface area contributed by atoms with Crippen molar-refractivity contribution in [1.29, 1.82) is 0 Å². The van der Waals surface area contributed by atoms with E-state index in [1.165, 1.54) is 23.9 Å². The Balaban J connectivity index is 1.80. The van der Waals surface area contributed by atoms with E-state index in [9.17, 15) is 13.2 Å². The number of nitrogens with one attached hydrogen (secondary N) is 1. The van der Waals surface area contributed by atoms with Crippen molar-refractivity contribution in [2.75, 3.05) is 11.1 Å². The maximum Gasteiger partial charge on any atom is 0.238 e. The predicted molar refractivity (Wildman–Crippen MR) is 120 cm³/mol. The lowest BCUT2D eigenvalue weighted by Gasteiger charge is -2.09. The highest BCUT2D eigenvalue weighted by Crippen LogP contribution is 2.27. The number of carbonyl (C=O) groups excluding carboxylic acids is 1. The topological polar surface area (TPSA) is 107 Å². The Morgan fingerprint density at radius 1 is 1.24 bits per heavy atom. The minimum Gasteiger partial charge on any atom is -0.325 e. The second-order valence-electron chi connectivity index (χ2n) is 6.44. The molecule has 0 aliphatic rings. The molecule has 0 radical (unpaired) electrons. The maximum atomic E-state index is 12.3. The molecule has 3 N–H and O–H groups in total. The lowest BCUT2D eigenvalue weighted by molar-refractivity contribution is -0.113. The zero-order valence-electron chi connectivity index (χ0n) is 15.8. The molecular weight excluding hydrogens is 476 g/mol. The Morgan fingerprint density at radius 3 is 2.62 bits per heavy atom. The molecule has 10 heteroatoms. The Labute approximate surface area is 182 Å². The zero-order chi connectivity index (χ0) is 21.0. The van der Waals surface area contributed by atoms with Crippen molar-refractivity contribution in [3.63, 3.8) is 0 Å². The van der Waals surface area contributed by atoms with Gasteiger partial charge in [-0.3, -0.25) is 4.79 Å². The van der Waals surface area contributed by atoms with E-state index >= 15 is 0 Å². The van der Waals surface area contributed by atoms with Crippen LogP contribution < -0.4 is 10.5 Å². The van der Waals surface area contributed by atoms with Gasteiger partial charge < -0.3 is 9.88 Å². The van der Waals surface area contributed by atoms with E-state index in [-0.39, 0.29) is 16.6 Å². The van der Waals surface area contributed by atoms with Crippen molar-refractivity contribution in [1.82, 2.24) is 9.55 Å². The van der Waals surface area contributed by atoms with Crippen LogP contribution in [0.2, 0.25) is 0 Å². The first-order valence-electron chi connectivity index (χ1n) is 8.99. The number of fused-ring (bicyclic) bond motifs is 1. The van der Waals surface area contributed by atoms with Crippen LogP contribution in [-0.2, 0) is 21.4 Å². The summed E-state index contributed by atoms with van der Waals surface area (Å²) >= 11 is 4.68. The van der Waals surface area contributed by atoms with Crippen molar-refractivity contribution in [3.05, 3.63) is 46.9 Å². The number of hydrogen-bond donors (Lipinski definition) is 2. The molecule has 3 aromatic rings. The van der Waals surface area contributed by atoms with Gasteiger partial charge in [-0.15, -0.1) is 0 Å². The van der Waals surface area contributed by atoms with Gasteiger partial charge in [0.2, 0.25) is 15.9 Å². The summed E-state index contributed by atoms with van der Waals surface area (Å²) in [6.45, 7) is 2.83. The van der Waals surface area contributed by atoms with Crippen molar-refractivity contribution in [2.45, 2.75) is 36.4 Å². The molecule has 3 rings (SSSR count). The highest BCUT2D eigenvalue weighted by molar-refractivity contribution is 9.10. The third-order valence-electron chi connectivity index (χ3n) is 4.21. The SMILES string of the molecule is CCCCn1c(SCC(=O)Nc2ccc(Br)cc2)nc2cc(S(N)(=O)=O)ccc21. The van der Waals surface area contributed by atoms with Crippen LogP contribution in [0.25, 0.3) is 11.0 Å². The van der Waals surface area contributed by atoms with Gasteiger partial charge in [0.05, 0.1) is 21.7 Å². The van der Waals surface area contributed by atoms with Crippen LogP contribution in [0.3, 0.4) is 0 Å². The van der Waals surface area contributed by atoms with Crippen molar-refractivity contribution in [2.24, 2.45) is 5.14 Å². The molecule has 0 spiro atoms. The van der Waals surface area contributed by atoms with Crippen LogP contribution in [0.4, 0.5) is 5.69 Å². The van der Waals surface area contributed by atoms with Gasteiger partial charge in [0.25, 0.3) is 0 Å². The molecule has 0 bridgehead atoms. The summed E-state index contributed by atoms with van der Waals surface area (Å²) in [5.74, 6) is 0.0461. The summed E-state index contributed by atoms with van der Waals surface area (Å²) in [6.07, 6.45) is 1.95. The van der Waals surface area contributed by atoms with E-state index < -0.39 is 10.0 Å². The maximum absolute atomic E-state index is 12.3. The molecule has 1 aromatic heterocycles. The summed E-state index contributed by atoms with van der Waals surface area (Å²) in [4.78, 5) is 16.9. The first kappa shape index (κ1) is 21.8. The molecule has 29 heavy (non-hydrogen) atoms. The van der Waals surface area contributed by atoms with Gasteiger partial charge in [-0.1, -0.05) is 41.0 Å². The average Bonchev–Trinajstić information content (AvgIpc) is 3.02. The fourth-order valence-corrected chi connectivity index (χ4v) is 4.41. The van der Waals surface area contributed by atoms with E-state index in [4.69, 9.17) is 5.14 Å². The van der Waals surface area contributed by atoms with E-state index in [1.54, 1.807) is 6.07 Å². The Morgan fingerprint density at radius 2 is 1.97 bits per heavy atom. The number of benzene rings is 2. The van der Waals surface area contributed by atoms with Crippen LogP contribution >= 0.6 is 27.7 Å². The molecule has 1 amide bonds. The molecule has 0 unspecified atom stereocenters. The summed E-state index contributed by atoms with van der Waals surface area (Å²) in [7, 11) is -3.80. The number of sulfonamides is 1. The molecule has 0 saturated carbocycles. The highest BCUT2D eigenvalue weighted by atomic mass is 79.9. The quantitative estimate of drug-likeness (QED) is 0.458. The number of imidazole rings is 1. The summed E-state index contributed by atoms with van der Waals surface area (Å²) in [5, 5.41) is 8.75.